The minimum absolute atomic E-state index is 0.496. The predicted molar refractivity (Wildman–Crippen MR) is 250 cm³/mol. The molecule has 6 aromatic heterocycles. The summed E-state index contributed by atoms with van der Waals surface area (Å²) in [6, 6.07) is 56.3. The first kappa shape index (κ1) is 34.9. The fraction of sp³-hybridized carbons (Fsp3) is 0. The zero-order valence-corrected chi connectivity index (χ0v) is 33.4. The lowest BCUT2D eigenvalue weighted by Crippen LogP contribution is -2.03. The van der Waals surface area contributed by atoms with Gasteiger partial charge in [0.1, 0.15) is 5.69 Å². The highest BCUT2D eigenvalue weighted by Gasteiger charge is 2.18. The average Bonchev–Trinajstić information content (AvgIpc) is 4.00. The van der Waals surface area contributed by atoms with Crippen molar-refractivity contribution >= 4 is 65.4 Å². The molecule has 0 amide bonds. The van der Waals surface area contributed by atoms with Gasteiger partial charge in [-0.25, -0.2) is 24.9 Å². The van der Waals surface area contributed by atoms with Crippen LogP contribution in [-0.2, 0) is 0 Å². The third kappa shape index (κ3) is 5.48. The van der Waals surface area contributed by atoms with Crippen LogP contribution >= 0.6 is 0 Å². The summed E-state index contributed by atoms with van der Waals surface area (Å²) in [7, 11) is 0. The second-order valence-electron chi connectivity index (χ2n) is 15.6. The predicted octanol–water partition coefficient (Wildman–Crippen LogP) is 11.7. The van der Waals surface area contributed by atoms with E-state index in [1.54, 1.807) is 6.20 Å². The van der Waals surface area contributed by atoms with Gasteiger partial charge >= 0.3 is 0 Å². The molecule has 13 aromatic rings. The number of aromatic nitrogens is 10. The molecule has 10 nitrogen and oxygen atoms in total. The van der Waals surface area contributed by atoms with Gasteiger partial charge in [-0.15, -0.1) is 10.2 Å². The van der Waals surface area contributed by atoms with Crippen LogP contribution in [-0.4, -0.2) is 48.8 Å². The normalized spacial score (nSPS) is 11.8. The fourth-order valence-electron chi connectivity index (χ4n) is 9.20. The standard InChI is InChI=1S/C53H32N10/c1-7-19-45-38(13-1)39-14-2-8-20-46(39)61(45)51-54-28-36(29-55-51)33-25-34(37-30-56-52(57-31-37)62-47-21-9-3-15-40(47)41-16-4-10-22-48(41)62)27-35(26-33)44-32-58-53(60-59-44)63-49-23-11-5-17-42(49)43-18-6-12-24-50(43)63/h1-32H. The van der Waals surface area contributed by atoms with Crippen molar-refractivity contribution in [2.75, 3.05) is 0 Å². The van der Waals surface area contributed by atoms with Gasteiger partial charge in [0.2, 0.25) is 11.9 Å². The fourth-order valence-corrected chi connectivity index (χ4v) is 9.20. The summed E-state index contributed by atoms with van der Waals surface area (Å²) in [6.45, 7) is 0. The zero-order valence-electron chi connectivity index (χ0n) is 33.4. The van der Waals surface area contributed by atoms with Crippen LogP contribution < -0.4 is 0 Å². The molecule has 13 rings (SSSR count). The molecule has 0 unspecified atom stereocenters. The lowest BCUT2D eigenvalue weighted by Gasteiger charge is -2.12. The molecule has 0 atom stereocenters. The van der Waals surface area contributed by atoms with E-state index in [-0.39, 0.29) is 0 Å². The first-order chi connectivity index (χ1) is 31.2. The quantitative estimate of drug-likeness (QED) is 0.165. The Balaban J connectivity index is 0.933. The Kier molecular flexibility index (Phi) is 7.67. The van der Waals surface area contributed by atoms with Crippen LogP contribution in [0.2, 0.25) is 0 Å². The van der Waals surface area contributed by atoms with Crippen LogP contribution in [0.1, 0.15) is 0 Å². The lowest BCUT2D eigenvalue weighted by molar-refractivity contribution is 0.893. The Morgan fingerprint density at radius 3 is 0.857 bits per heavy atom. The maximum absolute atomic E-state index is 4.96. The second kappa shape index (κ2) is 13.8. The van der Waals surface area contributed by atoms with Gasteiger partial charge in [-0.1, -0.05) is 109 Å². The van der Waals surface area contributed by atoms with E-state index in [2.05, 4.69) is 141 Å². The Hall–Kier alpha value is -8.89. The molecule has 0 aliphatic heterocycles. The largest absolute Gasteiger partial charge is 0.278 e. The molecule has 0 radical (unpaired) electrons. The summed E-state index contributed by atoms with van der Waals surface area (Å²) >= 11 is 0. The van der Waals surface area contributed by atoms with Crippen LogP contribution in [0, 0.1) is 0 Å². The molecule has 0 aliphatic carbocycles. The molecule has 10 heteroatoms. The third-order valence-corrected chi connectivity index (χ3v) is 12.1. The van der Waals surface area contributed by atoms with Crippen molar-refractivity contribution in [1.29, 1.82) is 0 Å². The van der Waals surface area contributed by atoms with Crippen LogP contribution in [0.4, 0.5) is 0 Å². The Labute approximate surface area is 359 Å². The topological polar surface area (TPSA) is 105 Å². The molecular formula is C53H32N10. The van der Waals surface area contributed by atoms with Crippen LogP contribution in [0.3, 0.4) is 0 Å². The average molecular weight is 809 g/mol. The van der Waals surface area contributed by atoms with Gasteiger partial charge in [-0.3, -0.25) is 13.7 Å². The monoisotopic (exact) mass is 808 g/mol. The highest BCUT2D eigenvalue weighted by atomic mass is 15.3. The highest BCUT2D eigenvalue weighted by molar-refractivity contribution is 6.10. The maximum atomic E-state index is 4.96. The third-order valence-electron chi connectivity index (χ3n) is 12.1. The number of rotatable bonds is 6. The number of nitrogens with zero attached hydrogens (tertiary/aromatic N) is 10. The molecule has 0 fully saturated rings. The van der Waals surface area contributed by atoms with Crippen molar-refractivity contribution < 1.29 is 0 Å². The van der Waals surface area contributed by atoms with Crippen molar-refractivity contribution in [1.82, 2.24) is 48.8 Å². The summed E-state index contributed by atoms with van der Waals surface area (Å²) in [5, 5.41) is 16.4. The molecule has 6 heterocycles. The Bertz CT molecular complexity index is 3320. The van der Waals surface area contributed by atoms with E-state index in [1.165, 1.54) is 0 Å². The SMILES string of the molecule is c1ccc2c(c1)c1ccccc1n2-c1ncc(-c2cc(-c3cnc(-n4c5ccccc5c5ccccc54)nc3)cc(-c3cnc(-n4c5ccccc5c5ccccc54)nn3)c2)cn1. The van der Waals surface area contributed by atoms with Gasteiger partial charge in [-0.05, 0) is 65.7 Å². The molecule has 7 aromatic carbocycles. The highest BCUT2D eigenvalue weighted by Crippen LogP contribution is 2.36. The van der Waals surface area contributed by atoms with Crippen LogP contribution in [0.5, 0.6) is 0 Å². The Morgan fingerprint density at radius 1 is 0.254 bits per heavy atom. The molecule has 0 bridgehead atoms. The molecule has 0 aliphatic rings. The number of para-hydroxylation sites is 6. The van der Waals surface area contributed by atoms with Gasteiger partial charge in [0, 0.05) is 73.8 Å². The van der Waals surface area contributed by atoms with Gasteiger partial charge in [-0.2, -0.15) is 0 Å². The number of hydrogen-bond acceptors (Lipinski definition) is 7. The minimum Gasteiger partial charge on any atom is -0.278 e. The van der Waals surface area contributed by atoms with Gasteiger partial charge < -0.3 is 0 Å². The number of hydrogen-bond donors (Lipinski definition) is 0. The zero-order chi connectivity index (χ0) is 41.4. The molecule has 0 spiro atoms. The van der Waals surface area contributed by atoms with E-state index >= 15 is 0 Å². The van der Waals surface area contributed by atoms with Gasteiger partial charge in [0.05, 0.1) is 39.3 Å². The molecule has 0 saturated heterocycles. The Morgan fingerprint density at radius 2 is 0.540 bits per heavy atom. The molecule has 294 valence electrons. The van der Waals surface area contributed by atoms with E-state index in [0.717, 1.165) is 93.2 Å². The van der Waals surface area contributed by atoms with E-state index in [9.17, 15) is 0 Å². The van der Waals surface area contributed by atoms with Crippen molar-refractivity contribution in [3.05, 3.63) is 195 Å². The van der Waals surface area contributed by atoms with Gasteiger partial charge in [0.25, 0.3) is 5.95 Å². The number of fused-ring (bicyclic) bond motifs is 9. The first-order valence-electron chi connectivity index (χ1n) is 20.7. The van der Waals surface area contributed by atoms with Crippen molar-refractivity contribution in [3.63, 3.8) is 0 Å². The maximum Gasteiger partial charge on any atom is 0.254 e. The summed E-state index contributed by atoms with van der Waals surface area (Å²) < 4.78 is 6.30. The van der Waals surface area contributed by atoms with Crippen molar-refractivity contribution in [2.45, 2.75) is 0 Å². The van der Waals surface area contributed by atoms with Crippen molar-refractivity contribution in [3.8, 4) is 51.4 Å². The van der Waals surface area contributed by atoms with Crippen LogP contribution in [0.25, 0.3) is 117 Å². The van der Waals surface area contributed by atoms with Crippen LogP contribution in [0.15, 0.2) is 195 Å². The minimum atomic E-state index is 0.496. The van der Waals surface area contributed by atoms with E-state index in [1.807, 2.05) is 61.2 Å². The van der Waals surface area contributed by atoms with Crippen molar-refractivity contribution in [2.24, 2.45) is 0 Å². The molecular weight excluding hydrogens is 777 g/mol. The van der Waals surface area contributed by atoms with E-state index < -0.39 is 0 Å². The summed E-state index contributed by atoms with van der Waals surface area (Å²) in [5.74, 6) is 1.69. The molecule has 0 saturated carbocycles. The number of benzene rings is 7. The van der Waals surface area contributed by atoms with Gasteiger partial charge in [0.15, 0.2) is 0 Å². The lowest BCUT2D eigenvalue weighted by atomic mass is 9.97. The summed E-state index contributed by atoms with van der Waals surface area (Å²) in [5.41, 5.74) is 11.2. The summed E-state index contributed by atoms with van der Waals surface area (Å²) in [4.78, 5) is 24.8. The van der Waals surface area contributed by atoms with E-state index in [0.29, 0.717) is 23.5 Å². The molecule has 0 N–H and O–H groups in total. The second-order valence-corrected chi connectivity index (χ2v) is 15.6. The smallest absolute Gasteiger partial charge is 0.254 e. The first-order valence-corrected chi connectivity index (χ1v) is 20.7. The molecule has 63 heavy (non-hydrogen) atoms. The van der Waals surface area contributed by atoms with E-state index in [4.69, 9.17) is 35.1 Å². The summed E-state index contributed by atoms with van der Waals surface area (Å²) in [6.07, 6.45) is 9.31.